The van der Waals surface area contributed by atoms with Gasteiger partial charge in [-0.2, -0.15) is 0 Å². The number of hydrogen-bond donors (Lipinski definition) is 1. The highest BCUT2D eigenvalue weighted by atomic mass is 16.6. The zero-order chi connectivity index (χ0) is 13.2. The van der Waals surface area contributed by atoms with Gasteiger partial charge in [-0.05, 0) is 51.3 Å². The van der Waals surface area contributed by atoms with E-state index in [9.17, 15) is 4.79 Å². The van der Waals surface area contributed by atoms with E-state index in [1.165, 1.54) is 18.4 Å². The van der Waals surface area contributed by atoms with Crippen LogP contribution in [0.5, 0.6) is 0 Å². The van der Waals surface area contributed by atoms with Gasteiger partial charge >= 0.3 is 5.97 Å². The van der Waals surface area contributed by atoms with Gasteiger partial charge in [-0.25, -0.2) is 4.79 Å². The third-order valence-electron chi connectivity index (χ3n) is 2.76. The summed E-state index contributed by atoms with van der Waals surface area (Å²) in [5.74, 6) is -0.260. The van der Waals surface area contributed by atoms with E-state index in [1.54, 1.807) is 0 Å². The monoisotopic (exact) mass is 247 g/mol. The average molecular weight is 247 g/mol. The third kappa shape index (κ3) is 4.15. The molecule has 0 radical (unpaired) electrons. The molecule has 1 fully saturated rings. The van der Waals surface area contributed by atoms with Crippen molar-refractivity contribution in [1.29, 1.82) is 0 Å². The highest BCUT2D eigenvalue weighted by molar-refractivity contribution is 5.89. The largest absolute Gasteiger partial charge is 0.456 e. The Hall–Kier alpha value is -1.35. The van der Waals surface area contributed by atoms with Crippen LogP contribution in [0.3, 0.4) is 0 Å². The summed E-state index contributed by atoms with van der Waals surface area (Å²) in [6.45, 7) is 6.50. The van der Waals surface area contributed by atoms with E-state index in [1.807, 2.05) is 45.0 Å². The predicted octanol–water partition coefficient (Wildman–Crippen LogP) is 2.89. The van der Waals surface area contributed by atoms with E-state index >= 15 is 0 Å². The summed E-state index contributed by atoms with van der Waals surface area (Å²) in [5.41, 5.74) is 1.37. The van der Waals surface area contributed by atoms with Gasteiger partial charge in [0.25, 0.3) is 0 Å². The Morgan fingerprint density at radius 2 is 1.89 bits per heavy atom. The van der Waals surface area contributed by atoms with Gasteiger partial charge in [0.2, 0.25) is 0 Å². The topological polar surface area (TPSA) is 38.3 Å². The maximum Gasteiger partial charge on any atom is 0.338 e. The van der Waals surface area contributed by atoms with Gasteiger partial charge in [0, 0.05) is 12.6 Å². The molecule has 0 unspecified atom stereocenters. The lowest BCUT2D eigenvalue weighted by Crippen LogP contribution is -2.23. The lowest BCUT2D eigenvalue weighted by molar-refractivity contribution is 0.00695. The summed E-state index contributed by atoms with van der Waals surface area (Å²) in [4.78, 5) is 11.8. The fourth-order valence-electron chi connectivity index (χ4n) is 1.65. The van der Waals surface area contributed by atoms with Gasteiger partial charge in [-0.3, -0.25) is 0 Å². The highest BCUT2D eigenvalue weighted by Gasteiger charge is 2.20. The fourth-order valence-corrected chi connectivity index (χ4v) is 1.65. The zero-order valence-electron chi connectivity index (χ0n) is 11.3. The second kappa shape index (κ2) is 5.11. The summed E-state index contributed by atoms with van der Waals surface area (Å²) < 4.78 is 5.32. The molecule has 1 N–H and O–H groups in total. The van der Waals surface area contributed by atoms with Gasteiger partial charge in [0.15, 0.2) is 0 Å². The third-order valence-corrected chi connectivity index (χ3v) is 2.76. The van der Waals surface area contributed by atoms with Crippen LogP contribution < -0.4 is 5.32 Å². The molecule has 0 saturated heterocycles. The van der Waals surface area contributed by atoms with Crippen molar-refractivity contribution in [2.75, 3.05) is 0 Å². The molecule has 1 aromatic rings. The second-order valence-electron chi connectivity index (χ2n) is 5.85. The van der Waals surface area contributed by atoms with Crippen LogP contribution in [0.25, 0.3) is 0 Å². The normalized spacial score (nSPS) is 15.5. The number of benzene rings is 1. The molecular formula is C15H21NO2. The first-order valence-corrected chi connectivity index (χ1v) is 6.50. The fraction of sp³-hybridized carbons (Fsp3) is 0.533. The van der Waals surface area contributed by atoms with E-state index < -0.39 is 5.60 Å². The number of hydrogen-bond acceptors (Lipinski definition) is 3. The number of esters is 1. The van der Waals surface area contributed by atoms with Crippen molar-refractivity contribution < 1.29 is 9.53 Å². The van der Waals surface area contributed by atoms with Crippen molar-refractivity contribution in [1.82, 2.24) is 5.32 Å². The van der Waals surface area contributed by atoms with Crippen LogP contribution >= 0.6 is 0 Å². The average Bonchev–Trinajstić information content (AvgIpc) is 3.08. The van der Waals surface area contributed by atoms with Crippen molar-refractivity contribution >= 4 is 5.97 Å². The summed E-state index contributed by atoms with van der Waals surface area (Å²) in [5, 5.41) is 3.44. The number of ether oxygens (including phenoxy) is 1. The van der Waals surface area contributed by atoms with Gasteiger partial charge in [0.1, 0.15) is 5.60 Å². The maximum absolute atomic E-state index is 11.8. The molecule has 1 aliphatic rings. The first kappa shape index (κ1) is 13.1. The first-order valence-electron chi connectivity index (χ1n) is 6.50. The van der Waals surface area contributed by atoms with Crippen molar-refractivity contribution in [3.8, 4) is 0 Å². The standard InChI is InChI=1S/C15H21NO2/c1-15(2,3)18-14(17)12-6-4-11(5-7-12)10-16-13-8-9-13/h4-7,13,16H,8-10H2,1-3H3. The number of carbonyl (C=O) groups excluding carboxylic acids is 1. The Labute approximate surface area is 109 Å². The second-order valence-corrected chi connectivity index (χ2v) is 5.85. The summed E-state index contributed by atoms with van der Waals surface area (Å²) in [6.07, 6.45) is 2.58. The maximum atomic E-state index is 11.8. The number of nitrogens with one attached hydrogen (secondary N) is 1. The first-order chi connectivity index (χ1) is 8.44. The van der Waals surface area contributed by atoms with Crippen LogP contribution in [-0.2, 0) is 11.3 Å². The van der Waals surface area contributed by atoms with Crippen LogP contribution in [-0.4, -0.2) is 17.6 Å². The van der Waals surface area contributed by atoms with Gasteiger partial charge in [-0.1, -0.05) is 12.1 Å². The molecule has 3 nitrogen and oxygen atoms in total. The lowest BCUT2D eigenvalue weighted by Gasteiger charge is -2.19. The minimum absolute atomic E-state index is 0.260. The van der Waals surface area contributed by atoms with Crippen molar-refractivity contribution in [3.63, 3.8) is 0 Å². The van der Waals surface area contributed by atoms with Crippen molar-refractivity contribution in [3.05, 3.63) is 35.4 Å². The molecule has 0 aromatic heterocycles. The molecule has 1 aromatic carbocycles. The Morgan fingerprint density at radius 1 is 1.28 bits per heavy atom. The van der Waals surface area contributed by atoms with Crippen LogP contribution in [0.1, 0.15) is 49.5 Å². The Balaban J connectivity index is 1.91. The molecule has 0 atom stereocenters. The van der Waals surface area contributed by atoms with Crippen LogP contribution in [0.2, 0.25) is 0 Å². The summed E-state index contributed by atoms with van der Waals surface area (Å²) in [6, 6.07) is 8.33. The Morgan fingerprint density at radius 3 is 2.39 bits per heavy atom. The van der Waals surface area contributed by atoms with E-state index in [4.69, 9.17) is 4.74 Å². The van der Waals surface area contributed by atoms with Crippen LogP contribution in [0, 0.1) is 0 Å². The minimum atomic E-state index is -0.441. The van der Waals surface area contributed by atoms with E-state index in [0.29, 0.717) is 11.6 Å². The van der Waals surface area contributed by atoms with E-state index in [-0.39, 0.29) is 5.97 Å². The molecule has 98 valence electrons. The van der Waals surface area contributed by atoms with E-state index in [2.05, 4.69) is 5.32 Å². The molecule has 18 heavy (non-hydrogen) atoms. The summed E-state index contributed by atoms with van der Waals surface area (Å²) in [7, 11) is 0. The Bertz CT molecular complexity index is 413. The lowest BCUT2D eigenvalue weighted by atomic mass is 10.1. The molecule has 0 heterocycles. The van der Waals surface area contributed by atoms with Crippen LogP contribution in [0.4, 0.5) is 0 Å². The van der Waals surface area contributed by atoms with E-state index in [0.717, 1.165) is 6.54 Å². The Kier molecular flexibility index (Phi) is 3.71. The smallest absolute Gasteiger partial charge is 0.338 e. The molecular weight excluding hydrogens is 226 g/mol. The minimum Gasteiger partial charge on any atom is -0.456 e. The van der Waals surface area contributed by atoms with Gasteiger partial charge in [-0.15, -0.1) is 0 Å². The predicted molar refractivity (Wildman–Crippen MR) is 71.5 cm³/mol. The van der Waals surface area contributed by atoms with Crippen molar-refractivity contribution in [2.45, 2.75) is 51.8 Å². The highest BCUT2D eigenvalue weighted by Crippen LogP contribution is 2.19. The quantitative estimate of drug-likeness (QED) is 0.831. The molecule has 0 spiro atoms. The zero-order valence-corrected chi connectivity index (χ0v) is 11.3. The van der Waals surface area contributed by atoms with Crippen LogP contribution in [0.15, 0.2) is 24.3 Å². The van der Waals surface area contributed by atoms with Gasteiger partial charge in [0.05, 0.1) is 5.56 Å². The molecule has 1 saturated carbocycles. The molecule has 0 amide bonds. The molecule has 3 heteroatoms. The van der Waals surface area contributed by atoms with Gasteiger partial charge < -0.3 is 10.1 Å². The molecule has 0 aliphatic heterocycles. The van der Waals surface area contributed by atoms with Crippen molar-refractivity contribution in [2.24, 2.45) is 0 Å². The summed E-state index contributed by atoms with van der Waals surface area (Å²) >= 11 is 0. The molecule has 2 rings (SSSR count). The molecule has 1 aliphatic carbocycles. The molecule has 0 bridgehead atoms. The SMILES string of the molecule is CC(C)(C)OC(=O)c1ccc(CNC2CC2)cc1. The number of rotatable bonds is 4. The number of carbonyl (C=O) groups is 1.